The first-order chi connectivity index (χ1) is 10.5. The molecular formula is C15H19N3O2S2. The number of carbonyl (C=O) groups excluding carboxylic acids is 1. The molecule has 2 amide bonds. The van der Waals surface area contributed by atoms with E-state index in [2.05, 4.69) is 17.2 Å². The van der Waals surface area contributed by atoms with Crippen molar-refractivity contribution >= 4 is 33.9 Å². The molecule has 2 aromatic rings. The minimum atomic E-state index is -1.07. The third-order valence-electron chi connectivity index (χ3n) is 3.09. The molecule has 0 fully saturated rings. The van der Waals surface area contributed by atoms with Crippen LogP contribution in [0.5, 0.6) is 0 Å². The van der Waals surface area contributed by atoms with Gasteiger partial charge in [-0.1, -0.05) is 13.0 Å². The number of nitrogens with zero attached hydrogens (tertiary/aromatic N) is 2. The summed E-state index contributed by atoms with van der Waals surface area (Å²) >= 11 is 1.62. The summed E-state index contributed by atoms with van der Waals surface area (Å²) < 4.78 is 11.5. The standard InChI is InChI=1S/C15H19N3O2S2/c1-4-12-9-16-14(21-12)10-18(2)15(19)17-11-6-5-7-13(8-11)22(3)20/h5-9H,4,10H2,1-3H3,(H,17,19)/t22-/m1/s1. The van der Waals surface area contributed by atoms with Crippen LogP contribution in [-0.2, 0) is 23.8 Å². The van der Waals surface area contributed by atoms with Crippen LogP contribution in [0, 0.1) is 0 Å². The molecule has 0 unspecified atom stereocenters. The van der Waals surface area contributed by atoms with Gasteiger partial charge in [-0.3, -0.25) is 4.21 Å². The number of amides is 2. The lowest BCUT2D eigenvalue weighted by atomic mass is 10.3. The Morgan fingerprint density at radius 1 is 1.45 bits per heavy atom. The number of carbonyl (C=O) groups is 1. The minimum Gasteiger partial charge on any atom is -0.321 e. The lowest BCUT2D eigenvalue weighted by Crippen LogP contribution is -2.30. The van der Waals surface area contributed by atoms with Crippen LogP contribution in [0.4, 0.5) is 10.5 Å². The Hall–Kier alpha value is -1.73. The van der Waals surface area contributed by atoms with Crippen LogP contribution in [-0.4, -0.2) is 33.4 Å². The van der Waals surface area contributed by atoms with E-state index in [1.165, 1.54) is 4.88 Å². The van der Waals surface area contributed by atoms with E-state index in [1.54, 1.807) is 53.8 Å². The van der Waals surface area contributed by atoms with Gasteiger partial charge in [-0.05, 0) is 24.6 Å². The van der Waals surface area contributed by atoms with Crippen molar-refractivity contribution in [3.63, 3.8) is 0 Å². The lowest BCUT2D eigenvalue weighted by molar-refractivity contribution is 0.220. The summed E-state index contributed by atoms with van der Waals surface area (Å²) in [6.45, 7) is 2.55. The number of anilines is 1. The molecule has 0 aliphatic carbocycles. The molecule has 0 saturated carbocycles. The molecule has 1 atom stereocenters. The van der Waals surface area contributed by atoms with Gasteiger partial charge in [0.25, 0.3) is 0 Å². The van der Waals surface area contributed by atoms with Gasteiger partial charge in [-0.15, -0.1) is 11.3 Å². The third-order valence-corrected chi connectivity index (χ3v) is 5.13. The highest BCUT2D eigenvalue weighted by atomic mass is 32.2. The first-order valence-electron chi connectivity index (χ1n) is 6.88. The molecule has 0 radical (unpaired) electrons. The monoisotopic (exact) mass is 337 g/mol. The van der Waals surface area contributed by atoms with E-state index in [-0.39, 0.29) is 6.03 Å². The van der Waals surface area contributed by atoms with E-state index in [1.807, 2.05) is 6.20 Å². The number of hydrogen-bond donors (Lipinski definition) is 1. The second-order valence-corrected chi connectivity index (χ2v) is 7.42. The predicted octanol–water partition coefficient (Wildman–Crippen LogP) is 3.11. The molecule has 1 N–H and O–H groups in total. The van der Waals surface area contributed by atoms with Gasteiger partial charge in [0.2, 0.25) is 0 Å². The first kappa shape index (κ1) is 16.6. The van der Waals surface area contributed by atoms with E-state index in [4.69, 9.17) is 0 Å². The van der Waals surface area contributed by atoms with Crippen molar-refractivity contribution in [2.75, 3.05) is 18.6 Å². The fraction of sp³-hybridized carbons (Fsp3) is 0.333. The number of urea groups is 1. The van der Waals surface area contributed by atoms with Crippen molar-refractivity contribution in [1.29, 1.82) is 0 Å². The fourth-order valence-electron chi connectivity index (χ4n) is 1.83. The highest BCUT2D eigenvalue weighted by Gasteiger charge is 2.12. The normalized spacial score (nSPS) is 12.0. The van der Waals surface area contributed by atoms with Gasteiger partial charge in [0.05, 0.1) is 6.54 Å². The zero-order valence-corrected chi connectivity index (χ0v) is 14.5. The topological polar surface area (TPSA) is 62.3 Å². The Morgan fingerprint density at radius 3 is 2.86 bits per heavy atom. The number of nitrogens with one attached hydrogen (secondary N) is 1. The van der Waals surface area contributed by atoms with E-state index >= 15 is 0 Å². The lowest BCUT2D eigenvalue weighted by Gasteiger charge is -2.16. The van der Waals surface area contributed by atoms with Crippen LogP contribution in [0.15, 0.2) is 35.4 Å². The van der Waals surface area contributed by atoms with Crippen molar-refractivity contribution in [3.8, 4) is 0 Å². The molecule has 22 heavy (non-hydrogen) atoms. The number of rotatable bonds is 5. The molecule has 0 aliphatic heterocycles. The van der Waals surface area contributed by atoms with E-state index in [0.29, 0.717) is 17.1 Å². The number of aromatic nitrogens is 1. The van der Waals surface area contributed by atoms with Crippen LogP contribution in [0.25, 0.3) is 0 Å². The number of thiazole rings is 1. The summed E-state index contributed by atoms with van der Waals surface area (Å²) in [7, 11) is 0.659. The maximum Gasteiger partial charge on any atom is 0.321 e. The first-order valence-corrected chi connectivity index (χ1v) is 9.26. The number of hydrogen-bond acceptors (Lipinski definition) is 4. The molecule has 5 nitrogen and oxygen atoms in total. The molecule has 0 spiro atoms. The summed E-state index contributed by atoms with van der Waals surface area (Å²) in [4.78, 5) is 20.0. The Labute approximate surface area is 136 Å². The van der Waals surface area contributed by atoms with E-state index in [9.17, 15) is 9.00 Å². The van der Waals surface area contributed by atoms with E-state index in [0.717, 1.165) is 11.4 Å². The summed E-state index contributed by atoms with van der Waals surface area (Å²) in [5.74, 6) is 0. The SMILES string of the molecule is CCc1cnc(CN(C)C(=O)Nc2cccc([S@@](C)=O)c2)s1. The number of benzene rings is 1. The van der Waals surface area contributed by atoms with Gasteiger partial charge in [0.1, 0.15) is 5.01 Å². The van der Waals surface area contributed by atoms with Gasteiger partial charge in [-0.2, -0.15) is 0 Å². The van der Waals surface area contributed by atoms with Crippen molar-refractivity contribution in [3.05, 3.63) is 40.3 Å². The largest absolute Gasteiger partial charge is 0.321 e. The average molecular weight is 337 g/mol. The number of aryl methyl sites for hydroxylation is 1. The summed E-state index contributed by atoms with van der Waals surface area (Å²) in [5, 5.41) is 3.72. The van der Waals surface area contributed by atoms with Crippen molar-refractivity contribution in [1.82, 2.24) is 9.88 Å². The molecule has 1 heterocycles. The highest BCUT2D eigenvalue weighted by molar-refractivity contribution is 7.84. The summed E-state index contributed by atoms with van der Waals surface area (Å²) in [5.41, 5.74) is 0.637. The highest BCUT2D eigenvalue weighted by Crippen LogP contribution is 2.16. The fourth-order valence-corrected chi connectivity index (χ4v) is 3.31. The molecule has 2 rings (SSSR count). The van der Waals surface area contributed by atoms with Crippen LogP contribution >= 0.6 is 11.3 Å². The molecule has 118 valence electrons. The van der Waals surface area contributed by atoms with Crippen molar-refractivity contribution in [2.45, 2.75) is 24.8 Å². The maximum absolute atomic E-state index is 12.2. The van der Waals surface area contributed by atoms with Crippen LogP contribution in [0.3, 0.4) is 0 Å². The Bertz CT molecular complexity index is 685. The Morgan fingerprint density at radius 2 is 2.23 bits per heavy atom. The zero-order chi connectivity index (χ0) is 16.1. The minimum absolute atomic E-state index is 0.215. The molecule has 0 aliphatic rings. The van der Waals surface area contributed by atoms with Crippen LogP contribution in [0.2, 0.25) is 0 Å². The van der Waals surface area contributed by atoms with Gasteiger partial charge < -0.3 is 10.2 Å². The maximum atomic E-state index is 12.2. The molecule has 1 aromatic heterocycles. The van der Waals surface area contributed by atoms with Crippen molar-refractivity contribution in [2.24, 2.45) is 0 Å². The second kappa shape index (κ2) is 7.51. The smallest absolute Gasteiger partial charge is 0.321 e. The van der Waals surface area contributed by atoms with Gasteiger partial charge in [-0.25, -0.2) is 9.78 Å². The molecule has 0 bridgehead atoms. The van der Waals surface area contributed by atoms with E-state index < -0.39 is 10.8 Å². The van der Waals surface area contributed by atoms with Crippen LogP contribution < -0.4 is 5.32 Å². The Balaban J connectivity index is 1.99. The molecular weight excluding hydrogens is 318 g/mol. The summed E-state index contributed by atoms with van der Waals surface area (Å²) in [6, 6.07) is 6.84. The van der Waals surface area contributed by atoms with Crippen molar-refractivity contribution < 1.29 is 9.00 Å². The molecule has 0 saturated heterocycles. The quantitative estimate of drug-likeness (QED) is 0.912. The molecule has 7 heteroatoms. The Kier molecular flexibility index (Phi) is 5.68. The third kappa shape index (κ3) is 4.38. The van der Waals surface area contributed by atoms with Crippen LogP contribution in [0.1, 0.15) is 16.8 Å². The zero-order valence-electron chi connectivity index (χ0n) is 12.8. The second-order valence-electron chi connectivity index (χ2n) is 4.84. The van der Waals surface area contributed by atoms with Gasteiger partial charge in [0.15, 0.2) is 0 Å². The molecule has 1 aromatic carbocycles. The predicted molar refractivity (Wildman–Crippen MR) is 90.8 cm³/mol. The average Bonchev–Trinajstić information content (AvgIpc) is 2.95. The van der Waals surface area contributed by atoms with Gasteiger partial charge in [0, 0.05) is 45.8 Å². The summed E-state index contributed by atoms with van der Waals surface area (Å²) in [6.07, 6.45) is 4.42. The van der Waals surface area contributed by atoms with Gasteiger partial charge >= 0.3 is 6.03 Å².